The molecule has 0 saturated carbocycles. The maximum absolute atomic E-state index is 5.83. The van der Waals surface area contributed by atoms with Crippen molar-refractivity contribution < 1.29 is 4.74 Å². The van der Waals surface area contributed by atoms with Crippen LogP contribution in [0.5, 0.6) is 5.75 Å². The van der Waals surface area contributed by atoms with E-state index in [-0.39, 0.29) is 0 Å². The predicted octanol–water partition coefficient (Wildman–Crippen LogP) is 3.33. The molecule has 110 valence electrons. The molecule has 1 aliphatic heterocycles. The maximum atomic E-state index is 5.83. The first-order valence-electron chi connectivity index (χ1n) is 7.67. The van der Waals surface area contributed by atoms with E-state index in [0.717, 1.165) is 30.8 Å². The van der Waals surface area contributed by atoms with Crippen molar-refractivity contribution in [2.45, 2.75) is 19.0 Å². The molecule has 22 heavy (non-hydrogen) atoms. The average molecular weight is 290 g/mol. The zero-order chi connectivity index (χ0) is 14.8. The number of rotatable bonds is 3. The number of ether oxygens (including phenoxy) is 1. The van der Waals surface area contributed by atoms with E-state index in [4.69, 9.17) is 4.74 Å². The molecule has 2 aromatic carbocycles. The van der Waals surface area contributed by atoms with Crippen molar-refractivity contribution in [3.05, 3.63) is 71.9 Å². The summed E-state index contributed by atoms with van der Waals surface area (Å²) in [5, 5.41) is 4.79. The Morgan fingerprint density at radius 3 is 2.95 bits per heavy atom. The summed E-state index contributed by atoms with van der Waals surface area (Å²) >= 11 is 0. The Balaban J connectivity index is 1.49. The summed E-state index contributed by atoms with van der Waals surface area (Å²) in [6.07, 6.45) is 2.86. The third-order valence-corrected chi connectivity index (χ3v) is 4.18. The van der Waals surface area contributed by atoms with Gasteiger partial charge in [0.25, 0.3) is 0 Å². The Morgan fingerprint density at radius 1 is 1.05 bits per heavy atom. The second kappa shape index (κ2) is 5.78. The van der Waals surface area contributed by atoms with Gasteiger partial charge in [-0.25, -0.2) is 0 Å². The van der Waals surface area contributed by atoms with Crippen LogP contribution in [0.15, 0.2) is 60.8 Å². The highest BCUT2D eigenvalue weighted by molar-refractivity contribution is 5.81. The lowest BCUT2D eigenvalue weighted by molar-refractivity contribution is 0.238. The number of nitrogens with one attached hydrogen (secondary N) is 1. The van der Waals surface area contributed by atoms with Crippen LogP contribution in [0, 0.1) is 0 Å². The molecule has 0 radical (unpaired) electrons. The number of para-hydroxylation sites is 2. The molecule has 1 N–H and O–H groups in total. The highest BCUT2D eigenvalue weighted by Crippen LogP contribution is 2.24. The van der Waals surface area contributed by atoms with E-state index in [2.05, 4.69) is 46.7 Å². The summed E-state index contributed by atoms with van der Waals surface area (Å²) in [6, 6.07) is 19.0. The van der Waals surface area contributed by atoms with Crippen LogP contribution in [0.3, 0.4) is 0 Å². The Morgan fingerprint density at radius 2 is 1.95 bits per heavy atom. The van der Waals surface area contributed by atoms with Gasteiger partial charge in [-0.15, -0.1) is 0 Å². The molecule has 0 saturated heterocycles. The van der Waals surface area contributed by atoms with Gasteiger partial charge in [0, 0.05) is 24.2 Å². The molecule has 0 amide bonds. The maximum Gasteiger partial charge on any atom is 0.122 e. The molecule has 0 aliphatic carbocycles. The van der Waals surface area contributed by atoms with Crippen molar-refractivity contribution in [3.8, 4) is 5.75 Å². The van der Waals surface area contributed by atoms with Gasteiger partial charge in [0.15, 0.2) is 0 Å². The van der Waals surface area contributed by atoms with Crippen molar-refractivity contribution in [1.29, 1.82) is 0 Å². The molecule has 0 spiro atoms. The van der Waals surface area contributed by atoms with Crippen LogP contribution in [0.25, 0.3) is 10.9 Å². The van der Waals surface area contributed by atoms with Gasteiger partial charge >= 0.3 is 0 Å². The van der Waals surface area contributed by atoms with E-state index >= 15 is 0 Å². The molecule has 2 heterocycles. The van der Waals surface area contributed by atoms with Crippen LogP contribution in [0.1, 0.15) is 11.1 Å². The first kappa shape index (κ1) is 13.3. The minimum absolute atomic E-state index is 0.342. The number of hydrogen-bond acceptors (Lipinski definition) is 3. The second-order valence-electron chi connectivity index (χ2n) is 5.69. The van der Waals surface area contributed by atoms with E-state index < -0.39 is 0 Å². The molecule has 1 aliphatic rings. The fourth-order valence-corrected chi connectivity index (χ4v) is 3.02. The summed E-state index contributed by atoms with van der Waals surface area (Å²) in [5.41, 5.74) is 3.59. The van der Waals surface area contributed by atoms with Crippen LogP contribution in [-0.2, 0) is 13.0 Å². The number of hydrogen-bond donors (Lipinski definition) is 1. The number of aromatic nitrogens is 1. The van der Waals surface area contributed by atoms with E-state index in [9.17, 15) is 0 Å². The largest absolute Gasteiger partial charge is 0.492 e. The van der Waals surface area contributed by atoms with E-state index in [1.165, 1.54) is 16.5 Å². The van der Waals surface area contributed by atoms with Crippen LogP contribution >= 0.6 is 0 Å². The summed E-state index contributed by atoms with van der Waals surface area (Å²) in [4.78, 5) is 4.51. The predicted molar refractivity (Wildman–Crippen MR) is 88.0 cm³/mol. The van der Waals surface area contributed by atoms with Gasteiger partial charge in [0.05, 0.1) is 5.52 Å². The number of pyridine rings is 1. The Labute approximate surface area is 130 Å². The summed E-state index contributed by atoms with van der Waals surface area (Å²) in [5.74, 6) is 1.02. The lowest BCUT2D eigenvalue weighted by Crippen LogP contribution is -2.38. The molecule has 4 rings (SSSR count). The van der Waals surface area contributed by atoms with Crippen molar-refractivity contribution in [3.63, 3.8) is 0 Å². The van der Waals surface area contributed by atoms with Gasteiger partial charge in [0.1, 0.15) is 12.4 Å². The van der Waals surface area contributed by atoms with E-state index in [0.29, 0.717) is 6.04 Å². The van der Waals surface area contributed by atoms with E-state index in [1.54, 1.807) is 0 Å². The zero-order valence-electron chi connectivity index (χ0n) is 12.3. The fraction of sp³-hybridized carbons (Fsp3) is 0.211. The fourth-order valence-electron chi connectivity index (χ4n) is 3.02. The quantitative estimate of drug-likeness (QED) is 0.803. The van der Waals surface area contributed by atoms with Gasteiger partial charge in [-0.3, -0.25) is 4.98 Å². The van der Waals surface area contributed by atoms with Crippen molar-refractivity contribution >= 4 is 10.9 Å². The van der Waals surface area contributed by atoms with Crippen molar-refractivity contribution in [1.82, 2.24) is 10.3 Å². The van der Waals surface area contributed by atoms with E-state index in [1.807, 2.05) is 24.4 Å². The molecule has 0 bridgehead atoms. The molecule has 0 fully saturated rings. The molecular formula is C19H18N2O. The third-order valence-electron chi connectivity index (χ3n) is 4.18. The van der Waals surface area contributed by atoms with Gasteiger partial charge in [0.2, 0.25) is 0 Å². The van der Waals surface area contributed by atoms with Crippen LogP contribution in [0.4, 0.5) is 0 Å². The first-order valence-corrected chi connectivity index (χ1v) is 7.67. The highest BCUT2D eigenvalue weighted by Gasteiger charge is 2.19. The monoisotopic (exact) mass is 290 g/mol. The summed E-state index contributed by atoms with van der Waals surface area (Å²) < 4.78 is 5.83. The lowest BCUT2D eigenvalue weighted by atomic mass is 10.0. The van der Waals surface area contributed by atoms with Crippen LogP contribution in [-0.4, -0.2) is 17.6 Å². The minimum Gasteiger partial charge on any atom is -0.492 e. The number of benzene rings is 2. The van der Waals surface area contributed by atoms with Crippen LogP contribution in [0.2, 0.25) is 0 Å². The second-order valence-corrected chi connectivity index (χ2v) is 5.69. The Hall–Kier alpha value is -2.39. The first-order chi connectivity index (χ1) is 10.9. The molecule has 3 aromatic rings. The van der Waals surface area contributed by atoms with Crippen molar-refractivity contribution in [2.24, 2.45) is 0 Å². The van der Waals surface area contributed by atoms with Gasteiger partial charge in [-0.05, 0) is 29.7 Å². The Kier molecular flexibility index (Phi) is 3.49. The molecule has 1 aromatic heterocycles. The van der Waals surface area contributed by atoms with Gasteiger partial charge < -0.3 is 10.1 Å². The molecule has 3 heteroatoms. The summed E-state index contributed by atoms with van der Waals surface area (Å²) in [7, 11) is 0. The molecule has 3 nitrogen and oxygen atoms in total. The number of fused-ring (bicyclic) bond motifs is 2. The summed E-state index contributed by atoms with van der Waals surface area (Å²) in [6.45, 7) is 1.53. The zero-order valence-corrected chi connectivity index (χ0v) is 12.3. The Bertz CT molecular complexity index is 795. The normalized spacial score (nSPS) is 17.0. The smallest absolute Gasteiger partial charge is 0.122 e. The molecule has 1 unspecified atom stereocenters. The van der Waals surface area contributed by atoms with Gasteiger partial charge in [-0.1, -0.05) is 42.5 Å². The SMILES string of the molecule is c1ccc2c(c1)CC(NCc1cccc3cccnc13)CO2. The minimum atomic E-state index is 0.342. The average Bonchev–Trinajstić information content (AvgIpc) is 2.60. The lowest BCUT2D eigenvalue weighted by Gasteiger charge is -2.26. The molecule has 1 atom stereocenters. The topological polar surface area (TPSA) is 34.2 Å². The van der Waals surface area contributed by atoms with Gasteiger partial charge in [-0.2, -0.15) is 0 Å². The third kappa shape index (κ3) is 2.55. The highest BCUT2D eigenvalue weighted by atomic mass is 16.5. The molecular weight excluding hydrogens is 272 g/mol. The van der Waals surface area contributed by atoms with Crippen LogP contribution < -0.4 is 10.1 Å². The standard InChI is InChI=1S/C19H18N2O/c1-2-9-18-15(5-1)11-17(13-22-18)21-12-16-7-3-6-14-8-4-10-20-19(14)16/h1-10,17,21H,11-13H2. The van der Waals surface area contributed by atoms with Crippen molar-refractivity contribution in [2.75, 3.05) is 6.61 Å². The number of nitrogens with zero attached hydrogens (tertiary/aromatic N) is 1.